The molecule has 0 aliphatic heterocycles. The van der Waals surface area contributed by atoms with Crippen LogP contribution in [0.3, 0.4) is 0 Å². The van der Waals surface area contributed by atoms with Gasteiger partial charge in [0.2, 0.25) is 0 Å². The molecule has 0 unspecified atom stereocenters. The molecular formula is C12H12O7. The zero-order chi connectivity index (χ0) is 14.4. The predicted octanol–water partition coefficient (Wildman–Crippen LogP) is 0.622. The summed E-state index contributed by atoms with van der Waals surface area (Å²) in [6.45, 7) is -0.135. The molecule has 0 saturated heterocycles. The van der Waals surface area contributed by atoms with Crippen LogP contribution in [-0.4, -0.2) is 46.4 Å². The van der Waals surface area contributed by atoms with Crippen LogP contribution in [0.5, 0.6) is 0 Å². The summed E-state index contributed by atoms with van der Waals surface area (Å²) in [5, 5.41) is 26.2. The second kappa shape index (κ2) is 6.50. The fourth-order valence-electron chi connectivity index (χ4n) is 1.35. The SMILES string of the molecule is O=C(OCCCO)c1ccc(C(=O)O)c(C(=O)O)c1. The number of carbonyl (C=O) groups is 3. The second-order valence-corrected chi connectivity index (χ2v) is 3.58. The van der Waals surface area contributed by atoms with Crippen LogP contribution in [0.2, 0.25) is 0 Å². The van der Waals surface area contributed by atoms with Crippen LogP contribution in [0.1, 0.15) is 37.5 Å². The Hall–Kier alpha value is -2.41. The Balaban J connectivity index is 2.98. The van der Waals surface area contributed by atoms with Gasteiger partial charge in [-0.2, -0.15) is 0 Å². The van der Waals surface area contributed by atoms with Crippen molar-refractivity contribution in [3.63, 3.8) is 0 Å². The Morgan fingerprint density at radius 1 is 1.05 bits per heavy atom. The molecular weight excluding hydrogens is 256 g/mol. The van der Waals surface area contributed by atoms with E-state index in [2.05, 4.69) is 0 Å². The van der Waals surface area contributed by atoms with Crippen LogP contribution < -0.4 is 0 Å². The third-order valence-electron chi connectivity index (χ3n) is 2.25. The largest absolute Gasteiger partial charge is 0.478 e. The molecule has 0 saturated carbocycles. The number of rotatable bonds is 6. The molecule has 102 valence electrons. The Bertz CT molecular complexity index is 507. The molecule has 0 fully saturated rings. The van der Waals surface area contributed by atoms with Gasteiger partial charge in [0, 0.05) is 13.0 Å². The molecule has 1 aromatic carbocycles. The number of aliphatic hydroxyl groups is 1. The molecule has 0 atom stereocenters. The van der Waals surface area contributed by atoms with Gasteiger partial charge < -0.3 is 20.1 Å². The van der Waals surface area contributed by atoms with E-state index in [9.17, 15) is 14.4 Å². The summed E-state index contributed by atoms with van der Waals surface area (Å²) in [4.78, 5) is 33.3. The molecule has 0 heterocycles. The highest BCUT2D eigenvalue weighted by Crippen LogP contribution is 2.13. The lowest BCUT2D eigenvalue weighted by atomic mass is 10.0. The van der Waals surface area contributed by atoms with Crippen molar-refractivity contribution in [1.29, 1.82) is 0 Å². The number of aliphatic hydroxyl groups excluding tert-OH is 1. The van der Waals surface area contributed by atoms with E-state index >= 15 is 0 Å². The van der Waals surface area contributed by atoms with E-state index in [1.165, 1.54) is 6.07 Å². The highest BCUT2D eigenvalue weighted by Gasteiger charge is 2.19. The van der Waals surface area contributed by atoms with Crippen molar-refractivity contribution in [2.24, 2.45) is 0 Å². The summed E-state index contributed by atoms with van der Waals surface area (Å²) in [5.41, 5.74) is -0.941. The molecule has 3 N–H and O–H groups in total. The summed E-state index contributed by atoms with van der Waals surface area (Å²) >= 11 is 0. The van der Waals surface area contributed by atoms with E-state index in [0.29, 0.717) is 0 Å². The van der Waals surface area contributed by atoms with Crippen LogP contribution in [0, 0.1) is 0 Å². The van der Waals surface area contributed by atoms with Crippen molar-refractivity contribution in [2.75, 3.05) is 13.2 Å². The highest BCUT2D eigenvalue weighted by atomic mass is 16.5. The van der Waals surface area contributed by atoms with Gasteiger partial charge in [0.05, 0.1) is 23.3 Å². The zero-order valence-corrected chi connectivity index (χ0v) is 9.83. The van der Waals surface area contributed by atoms with Gasteiger partial charge >= 0.3 is 17.9 Å². The van der Waals surface area contributed by atoms with E-state index in [0.717, 1.165) is 12.1 Å². The van der Waals surface area contributed by atoms with Crippen molar-refractivity contribution < 1.29 is 34.4 Å². The number of hydrogen-bond acceptors (Lipinski definition) is 5. The summed E-state index contributed by atoms with van der Waals surface area (Å²) in [5.74, 6) is -3.60. The molecule has 19 heavy (non-hydrogen) atoms. The topological polar surface area (TPSA) is 121 Å². The summed E-state index contributed by atoms with van der Waals surface area (Å²) in [7, 11) is 0. The van der Waals surface area contributed by atoms with Crippen molar-refractivity contribution in [3.8, 4) is 0 Å². The maximum atomic E-state index is 11.5. The van der Waals surface area contributed by atoms with E-state index in [1.54, 1.807) is 0 Å². The number of ether oxygens (including phenoxy) is 1. The van der Waals surface area contributed by atoms with E-state index in [4.69, 9.17) is 20.1 Å². The third kappa shape index (κ3) is 3.78. The summed E-state index contributed by atoms with van der Waals surface area (Å²) < 4.78 is 4.76. The minimum atomic E-state index is -1.44. The fraction of sp³-hybridized carbons (Fsp3) is 0.250. The minimum absolute atomic E-state index is 0.00157. The molecule has 0 radical (unpaired) electrons. The van der Waals surface area contributed by atoms with Crippen LogP contribution in [-0.2, 0) is 4.74 Å². The van der Waals surface area contributed by atoms with Crippen LogP contribution in [0.25, 0.3) is 0 Å². The summed E-state index contributed by atoms with van der Waals surface area (Å²) in [6, 6.07) is 3.17. The standard InChI is InChI=1S/C12H12O7/c13-4-1-5-19-12(18)7-2-3-8(10(14)15)9(6-7)11(16)17/h2-3,6,13H,1,4-5H2,(H,14,15)(H,16,17). The van der Waals surface area contributed by atoms with Gasteiger partial charge in [0.25, 0.3) is 0 Å². The first kappa shape index (κ1) is 14.7. The lowest BCUT2D eigenvalue weighted by molar-refractivity contribution is 0.0481. The van der Waals surface area contributed by atoms with Crippen LogP contribution >= 0.6 is 0 Å². The zero-order valence-electron chi connectivity index (χ0n) is 9.83. The molecule has 0 aliphatic carbocycles. The number of carboxylic acid groups (broad SMARTS) is 2. The molecule has 0 bridgehead atoms. The van der Waals surface area contributed by atoms with Gasteiger partial charge in [-0.3, -0.25) is 0 Å². The first-order valence-corrected chi connectivity index (χ1v) is 5.36. The molecule has 0 spiro atoms. The van der Waals surface area contributed by atoms with Gasteiger partial charge in [0.15, 0.2) is 0 Å². The number of benzene rings is 1. The van der Waals surface area contributed by atoms with Crippen LogP contribution in [0.4, 0.5) is 0 Å². The number of esters is 1. The van der Waals surface area contributed by atoms with Crippen molar-refractivity contribution in [1.82, 2.24) is 0 Å². The number of aromatic carboxylic acids is 2. The first-order chi connectivity index (χ1) is 8.97. The molecule has 1 rings (SSSR count). The van der Waals surface area contributed by atoms with Crippen molar-refractivity contribution >= 4 is 17.9 Å². The smallest absolute Gasteiger partial charge is 0.338 e. The van der Waals surface area contributed by atoms with Gasteiger partial charge in [-0.15, -0.1) is 0 Å². The predicted molar refractivity (Wildman–Crippen MR) is 62.3 cm³/mol. The van der Waals surface area contributed by atoms with Gasteiger partial charge in [-0.1, -0.05) is 0 Å². The number of carboxylic acids is 2. The van der Waals surface area contributed by atoms with Crippen molar-refractivity contribution in [3.05, 3.63) is 34.9 Å². The fourth-order valence-corrected chi connectivity index (χ4v) is 1.35. The molecule has 0 aromatic heterocycles. The quantitative estimate of drug-likeness (QED) is 0.510. The Morgan fingerprint density at radius 3 is 2.21 bits per heavy atom. The van der Waals surface area contributed by atoms with E-state index in [1.807, 2.05) is 0 Å². The third-order valence-corrected chi connectivity index (χ3v) is 2.25. The normalized spacial score (nSPS) is 9.95. The molecule has 7 heteroatoms. The average molecular weight is 268 g/mol. The Morgan fingerprint density at radius 2 is 1.68 bits per heavy atom. The number of hydrogen-bond donors (Lipinski definition) is 3. The van der Waals surface area contributed by atoms with Crippen molar-refractivity contribution in [2.45, 2.75) is 6.42 Å². The average Bonchev–Trinajstić information content (AvgIpc) is 2.38. The molecule has 0 aliphatic rings. The minimum Gasteiger partial charge on any atom is -0.478 e. The van der Waals surface area contributed by atoms with Gasteiger partial charge in [0.1, 0.15) is 0 Å². The molecule has 1 aromatic rings. The second-order valence-electron chi connectivity index (χ2n) is 3.58. The highest BCUT2D eigenvalue weighted by molar-refractivity contribution is 6.03. The first-order valence-electron chi connectivity index (χ1n) is 5.36. The lowest BCUT2D eigenvalue weighted by Gasteiger charge is -2.06. The lowest BCUT2D eigenvalue weighted by Crippen LogP contribution is -2.12. The van der Waals surface area contributed by atoms with Crippen LogP contribution in [0.15, 0.2) is 18.2 Å². The summed E-state index contributed by atoms with van der Waals surface area (Å²) in [6.07, 6.45) is 0.269. The maximum Gasteiger partial charge on any atom is 0.338 e. The Kier molecular flexibility index (Phi) is 5.01. The Labute approximate surface area is 108 Å². The molecule has 0 amide bonds. The van der Waals surface area contributed by atoms with E-state index in [-0.39, 0.29) is 25.2 Å². The van der Waals surface area contributed by atoms with E-state index < -0.39 is 29.0 Å². The molecule has 7 nitrogen and oxygen atoms in total. The van der Waals surface area contributed by atoms with Gasteiger partial charge in [-0.05, 0) is 18.2 Å². The number of carbonyl (C=O) groups excluding carboxylic acids is 1. The maximum absolute atomic E-state index is 11.5. The monoisotopic (exact) mass is 268 g/mol. The van der Waals surface area contributed by atoms with Gasteiger partial charge in [-0.25, -0.2) is 14.4 Å².